The van der Waals surface area contributed by atoms with Crippen LogP contribution in [0.25, 0.3) is 17.0 Å². The third-order valence-electron chi connectivity index (χ3n) is 2.77. The van der Waals surface area contributed by atoms with Gasteiger partial charge in [-0.05, 0) is 19.1 Å². The van der Waals surface area contributed by atoms with Crippen LogP contribution in [0.5, 0.6) is 0 Å². The molecule has 0 fully saturated rings. The van der Waals surface area contributed by atoms with E-state index in [0.29, 0.717) is 15.7 Å². The highest BCUT2D eigenvalue weighted by atomic mass is 35.5. The van der Waals surface area contributed by atoms with Gasteiger partial charge in [-0.15, -0.1) is 10.2 Å². The molecular weight excluding hydrogens is 326 g/mol. The van der Waals surface area contributed by atoms with Crippen molar-refractivity contribution in [3.05, 3.63) is 39.6 Å². The molecule has 3 rings (SSSR count). The molecule has 0 aliphatic heterocycles. The number of Topliss-reactive ketones (excluding diaryl/α,β-unsaturated/α-hetero) is 1. The van der Waals surface area contributed by atoms with Crippen LogP contribution in [0.3, 0.4) is 0 Å². The Balaban J connectivity index is 2.09. The van der Waals surface area contributed by atoms with Crippen LogP contribution in [0.1, 0.15) is 6.92 Å². The maximum absolute atomic E-state index is 12.1. The highest BCUT2D eigenvalue weighted by molar-refractivity contribution is 7.99. The Hall–Kier alpha value is -2.19. The average Bonchev–Trinajstić information content (AvgIpc) is 2.87. The zero-order chi connectivity index (χ0) is 15.7. The van der Waals surface area contributed by atoms with Gasteiger partial charge in [0, 0.05) is 10.6 Å². The van der Waals surface area contributed by atoms with E-state index in [0.717, 1.165) is 0 Å². The Morgan fingerprint density at radius 1 is 1.32 bits per heavy atom. The van der Waals surface area contributed by atoms with Crippen LogP contribution in [0, 0.1) is 0 Å². The summed E-state index contributed by atoms with van der Waals surface area (Å²) in [5.41, 5.74) is 0.489. The molecule has 0 radical (unpaired) electrons. The smallest absolute Gasteiger partial charge is 0.279 e. The van der Waals surface area contributed by atoms with E-state index in [1.165, 1.54) is 23.2 Å². The first kappa shape index (κ1) is 14.7. The first-order valence-corrected chi connectivity index (χ1v) is 7.65. The average molecular weight is 336 g/mol. The van der Waals surface area contributed by atoms with E-state index < -0.39 is 0 Å². The lowest BCUT2D eigenvalue weighted by Gasteiger charge is -2.02. The molecule has 0 spiro atoms. The monoisotopic (exact) mass is 335 g/mol. The Kier molecular flexibility index (Phi) is 3.95. The number of thioether (sulfide) groups is 1. The van der Waals surface area contributed by atoms with E-state index in [-0.39, 0.29) is 28.6 Å². The summed E-state index contributed by atoms with van der Waals surface area (Å²) < 4.78 is 1.42. The van der Waals surface area contributed by atoms with Crippen molar-refractivity contribution in [1.82, 2.24) is 24.8 Å². The molecule has 22 heavy (non-hydrogen) atoms. The lowest BCUT2D eigenvalue weighted by Crippen LogP contribution is -2.15. The fourth-order valence-corrected chi connectivity index (χ4v) is 2.60. The van der Waals surface area contributed by atoms with Crippen molar-refractivity contribution < 1.29 is 4.79 Å². The molecule has 9 heteroatoms. The van der Waals surface area contributed by atoms with Gasteiger partial charge in [0.15, 0.2) is 5.69 Å². The molecule has 0 amide bonds. The summed E-state index contributed by atoms with van der Waals surface area (Å²) in [4.78, 5) is 25.8. The summed E-state index contributed by atoms with van der Waals surface area (Å²) in [5, 5.41) is 13.1. The summed E-state index contributed by atoms with van der Waals surface area (Å²) in [5.74, 6) is 0.510. The number of ketones is 1. The van der Waals surface area contributed by atoms with Crippen molar-refractivity contribution in [2.24, 2.45) is 0 Å². The summed E-state index contributed by atoms with van der Waals surface area (Å²) in [6.07, 6.45) is 0. The molecule has 2 heterocycles. The van der Waals surface area contributed by atoms with Gasteiger partial charge in [0.05, 0.1) is 5.75 Å². The second-order valence-electron chi connectivity index (χ2n) is 4.52. The van der Waals surface area contributed by atoms with E-state index in [1.807, 2.05) is 0 Å². The van der Waals surface area contributed by atoms with Crippen molar-refractivity contribution in [3.63, 3.8) is 0 Å². The maximum Gasteiger partial charge on any atom is 0.279 e. The largest absolute Gasteiger partial charge is 0.299 e. The SMILES string of the molecule is CC(=O)CSc1nnc2[nH]c(=O)c(-c3ccc(Cl)cc3)nn12. The molecular formula is C13H10ClN5O2S. The molecule has 112 valence electrons. The third kappa shape index (κ3) is 2.88. The number of rotatable bonds is 4. The van der Waals surface area contributed by atoms with Gasteiger partial charge in [0.2, 0.25) is 5.16 Å². The number of nitrogens with one attached hydrogen (secondary N) is 1. The number of aromatic nitrogens is 5. The van der Waals surface area contributed by atoms with E-state index in [2.05, 4.69) is 20.3 Å². The van der Waals surface area contributed by atoms with Gasteiger partial charge < -0.3 is 0 Å². The predicted octanol–water partition coefficient (Wildman–Crippen LogP) is 1.81. The topological polar surface area (TPSA) is 93.0 Å². The van der Waals surface area contributed by atoms with Crippen molar-refractivity contribution in [2.75, 3.05) is 5.75 Å². The van der Waals surface area contributed by atoms with E-state index in [9.17, 15) is 9.59 Å². The Labute approximate surface area is 133 Å². The van der Waals surface area contributed by atoms with Crippen molar-refractivity contribution in [3.8, 4) is 11.3 Å². The molecule has 0 bridgehead atoms. The first-order chi connectivity index (χ1) is 10.5. The molecule has 1 aromatic carbocycles. The molecule has 3 aromatic rings. The number of carbonyl (C=O) groups excluding carboxylic acids is 1. The van der Waals surface area contributed by atoms with Crippen LogP contribution in [0.4, 0.5) is 0 Å². The van der Waals surface area contributed by atoms with E-state index in [1.54, 1.807) is 24.3 Å². The van der Waals surface area contributed by atoms with Crippen molar-refractivity contribution >= 4 is 34.9 Å². The zero-order valence-corrected chi connectivity index (χ0v) is 13.0. The van der Waals surface area contributed by atoms with E-state index in [4.69, 9.17) is 11.6 Å². The molecule has 2 aromatic heterocycles. The van der Waals surface area contributed by atoms with Gasteiger partial charge in [-0.2, -0.15) is 9.61 Å². The van der Waals surface area contributed by atoms with Crippen molar-refractivity contribution in [1.29, 1.82) is 0 Å². The number of fused-ring (bicyclic) bond motifs is 1. The lowest BCUT2D eigenvalue weighted by molar-refractivity contribution is -0.114. The van der Waals surface area contributed by atoms with Gasteiger partial charge in [-0.25, -0.2) is 0 Å². The molecule has 0 aliphatic rings. The Morgan fingerprint density at radius 3 is 2.73 bits per heavy atom. The lowest BCUT2D eigenvalue weighted by atomic mass is 10.2. The molecule has 0 aliphatic carbocycles. The van der Waals surface area contributed by atoms with Crippen LogP contribution < -0.4 is 5.56 Å². The number of H-pyrrole nitrogens is 1. The van der Waals surface area contributed by atoms with E-state index >= 15 is 0 Å². The third-order valence-corrected chi connectivity index (χ3v) is 4.09. The predicted molar refractivity (Wildman–Crippen MR) is 83.3 cm³/mol. The molecule has 7 nitrogen and oxygen atoms in total. The minimum atomic E-state index is -0.370. The molecule has 1 N–H and O–H groups in total. The number of halogens is 1. The fourth-order valence-electron chi connectivity index (χ4n) is 1.79. The summed E-state index contributed by atoms with van der Waals surface area (Å²) >= 11 is 7.06. The summed E-state index contributed by atoms with van der Waals surface area (Å²) in [6.45, 7) is 1.49. The number of hydrogen-bond donors (Lipinski definition) is 1. The Morgan fingerprint density at radius 2 is 2.05 bits per heavy atom. The summed E-state index contributed by atoms with van der Waals surface area (Å²) in [6, 6.07) is 6.77. The van der Waals surface area contributed by atoms with Crippen LogP contribution >= 0.6 is 23.4 Å². The van der Waals surface area contributed by atoms with Gasteiger partial charge in [0.1, 0.15) is 5.78 Å². The van der Waals surface area contributed by atoms with Crippen LogP contribution in [-0.2, 0) is 4.79 Å². The molecule has 0 unspecified atom stereocenters. The first-order valence-electron chi connectivity index (χ1n) is 6.28. The molecule has 0 atom stereocenters. The Bertz CT molecular complexity index is 903. The minimum absolute atomic E-state index is 0.0177. The number of carbonyl (C=O) groups is 1. The molecule has 0 saturated carbocycles. The normalized spacial score (nSPS) is 11.0. The second-order valence-corrected chi connectivity index (χ2v) is 5.90. The highest BCUT2D eigenvalue weighted by Gasteiger charge is 2.13. The van der Waals surface area contributed by atoms with Gasteiger partial charge in [-0.3, -0.25) is 14.6 Å². The van der Waals surface area contributed by atoms with Crippen LogP contribution in [0.2, 0.25) is 5.02 Å². The standard InChI is InChI=1S/C13H10ClN5O2S/c1-7(20)6-22-13-17-16-12-15-11(21)10(18-19(12)13)8-2-4-9(14)5-3-8/h2-5H,6H2,1H3,(H,15,16,21). The quantitative estimate of drug-likeness (QED) is 0.731. The minimum Gasteiger partial charge on any atom is -0.299 e. The van der Waals surface area contributed by atoms with Gasteiger partial charge in [0.25, 0.3) is 11.3 Å². The fraction of sp³-hybridized carbons (Fsp3) is 0.154. The number of aromatic amines is 1. The van der Waals surface area contributed by atoms with Crippen molar-refractivity contribution in [2.45, 2.75) is 12.1 Å². The summed E-state index contributed by atoms with van der Waals surface area (Å²) in [7, 11) is 0. The maximum atomic E-state index is 12.1. The van der Waals surface area contributed by atoms with Gasteiger partial charge in [-0.1, -0.05) is 35.5 Å². The highest BCUT2D eigenvalue weighted by Crippen LogP contribution is 2.19. The number of benzene rings is 1. The van der Waals surface area contributed by atoms with Crippen LogP contribution in [0.15, 0.2) is 34.2 Å². The zero-order valence-electron chi connectivity index (χ0n) is 11.4. The van der Waals surface area contributed by atoms with Crippen LogP contribution in [-0.4, -0.2) is 36.3 Å². The second kappa shape index (κ2) is 5.90. The number of hydrogen-bond acceptors (Lipinski definition) is 6. The van der Waals surface area contributed by atoms with Gasteiger partial charge >= 0.3 is 0 Å². The molecule has 0 saturated heterocycles. The number of nitrogens with zero attached hydrogens (tertiary/aromatic N) is 4.